The minimum Gasteiger partial charge on any atom is -0.373 e. The maximum atomic E-state index is 14.0. The molecule has 1 saturated carbocycles. The third kappa shape index (κ3) is 9.51. The number of hydrogen-bond donors (Lipinski definition) is 5. The van der Waals surface area contributed by atoms with Crippen LogP contribution >= 0.6 is 11.8 Å². The highest BCUT2D eigenvalue weighted by Crippen LogP contribution is 2.40. The van der Waals surface area contributed by atoms with Crippen LogP contribution in [0.4, 0.5) is 17.6 Å². The van der Waals surface area contributed by atoms with Crippen molar-refractivity contribution in [1.29, 1.82) is 5.41 Å². The van der Waals surface area contributed by atoms with Crippen molar-refractivity contribution in [2.75, 3.05) is 32.6 Å². The van der Waals surface area contributed by atoms with Crippen molar-refractivity contribution in [1.82, 2.24) is 24.8 Å². The van der Waals surface area contributed by atoms with Crippen LogP contribution < -0.4 is 22.5 Å². The molecule has 3 atom stereocenters. The molecule has 0 amide bonds. The summed E-state index contributed by atoms with van der Waals surface area (Å²) in [6, 6.07) is 12.1. The van der Waals surface area contributed by atoms with Gasteiger partial charge in [0.25, 0.3) is 0 Å². The van der Waals surface area contributed by atoms with Crippen LogP contribution in [0.15, 0.2) is 58.4 Å². The monoisotopic (exact) mass is 754 g/mol. The highest BCUT2D eigenvalue weighted by molar-refractivity contribution is 7.98. The van der Waals surface area contributed by atoms with Crippen LogP contribution in [0.3, 0.4) is 0 Å². The molecule has 3 heterocycles. The van der Waals surface area contributed by atoms with E-state index in [2.05, 4.69) is 20.2 Å². The van der Waals surface area contributed by atoms with Gasteiger partial charge < -0.3 is 21.8 Å². The molecule has 0 unspecified atom stereocenters. The lowest BCUT2D eigenvalue weighted by molar-refractivity contribution is -0.137. The average molecular weight is 755 g/mol. The number of aromatic amines is 1. The van der Waals surface area contributed by atoms with E-state index in [0.717, 1.165) is 61.5 Å². The predicted octanol–water partition coefficient (Wildman–Crippen LogP) is 7.35. The number of aromatic nitrogens is 3. The number of hydrogen-bond acceptors (Lipinski definition) is 7. The van der Waals surface area contributed by atoms with E-state index < -0.39 is 24.1 Å². The van der Waals surface area contributed by atoms with E-state index >= 15 is 0 Å². The molecule has 2 aliphatic rings. The van der Waals surface area contributed by atoms with Gasteiger partial charge in [0.05, 0.1) is 24.5 Å². The summed E-state index contributed by atoms with van der Waals surface area (Å²) in [6.45, 7) is 1.00. The number of alkyl halides is 4. The smallest absolute Gasteiger partial charge is 0.373 e. The van der Waals surface area contributed by atoms with Crippen molar-refractivity contribution in [2.45, 2.75) is 93.4 Å². The Hall–Kier alpha value is -3.72. The Labute approximate surface area is 311 Å². The van der Waals surface area contributed by atoms with E-state index in [1.165, 1.54) is 10.6 Å². The van der Waals surface area contributed by atoms with Gasteiger partial charge >= 0.3 is 11.9 Å². The number of halogens is 4. The zero-order valence-corrected chi connectivity index (χ0v) is 31.0. The SMILES string of the molecule is CSc1cc(-n2cc3cc(-c4cc(CCC[C@@H](N)C5CC5)cc(C(F)(F)F)c4)[nH]c3nc2=O)ccc1[C@@H]1CCC[C@@H](CCNC(=N)CN)N1CCCF. The molecule has 2 aromatic carbocycles. The third-order valence-electron chi connectivity index (χ3n) is 10.7. The molecule has 1 aliphatic heterocycles. The maximum absolute atomic E-state index is 14.0. The second kappa shape index (κ2) is 17.2. The summed E-state index contributed by atoms with van der Waals surface area (Å²) in [5, 5.41) is 11.5. The quantitative estimate of drug-likeness (QED) is 0.0349. The second-order valence-electron chi connectivity index (χ2n) is 14.4. The van der Waals surface area contributed by atoms with Crippen molar-refractivity contribution in [3.63, 3.8) is 0 Å². The lowest BCUT2D eigenvalue weighted by Crippen LogP contribution is -2.44. The van der Waals surface area contributed by atoms with Crippen molar-refractivity contribution in [3.05, 3.63) is 75.8 Å². The summed E-state index contributed by atoms with van der Waals surface area (Å²) >= 11 is 1.58. The van der Waals surface area contributed by atoms with Crippen molar-refractivity contribution >= 4 is 28.6 Å². The van der Waals surface area contributed by atoms with Crippen molar-refractivity contribution in [2.24, 2.45) is 17.4 Å². The van der Waals surface area contributed by atoms with Crippen molar-refractivity contribution in [3.8, 4) is 16.9 Å². The van der Waals surface area contributed by atoms with Gasteiger partial charge in [0, 0.05) is 53.4 Å². The largest absolute Gasteiger partial charge is 0.416 e. The number of likely N-dealkylation sites (tertiary alicyclic amines) is 1. The van der Waals surface area contributed by atoms with Crippen LogP contribution in [0.25, 0.3) is 28.0 Å². The predicted molar refractivity (Wildman–Crippen MR) is 205 cm³/mol. The first-order valence-electron chi connectivity index (χ1n) is 18.6. The maximum Gasteiger partial charge on any atom is 0.416 e. The molecule has 0 radical (unpaired) electrons. The van der Waals surface area contributed by atoms with E-state index in [4.69, 9.17) is 16.9 Å². The third-order valence-corrected chi connectivity index (χ3v) is 11.5. The highest BCUT2D eigenvalue weighted by Gasteiger charge is 2.33. The molecule has 0 spiro atoms. The first-order chi connectivity index (χ1) is 25.5. The molecule has 1 aliphatic carbocycles. The summed E-state index contributed by atoms with van der Waals surface area (Å²) < 4.78 is 56.9. The lowest BCUT2D eigenvalue weighted by atomic mass is 9.89. The molecule has 1 saturated heterocycles. The zero-order valence-electron chi connectivity index (χ0n) is 30.2. The Morgan fingerprint density at radius 3 is 2.66 bits per heavy atom. The standard InChI is InChI=1S/C39H50F4N8OS/c1-53-35-21-30(11-12-31(35)34-8-3-6-29(50(34)16-4-14-40)13-15-47-36(46)22-44)51-23-27-20-33(48-37(27)49-38(51)52)26-17-24(18-28(19-26)39(41,42)43)5-2-7-32(45)25-9-10-25/h11-12,17-21,23,25,29,32,34H,2-10,13-16,22,44-45H2,1H3,(H2,46,47)(H,48,49,52)/t29-,32+,34-/m0/s1. The second-order valence-corrected chi connectivity index (χ2v) is 15.2. The van der Waals surface area contributed by atoms with Gasteiger partial charge in [-0.15, -0.1) is 11.8 Å². The molecule has 286 valence electrons. The number of aryl methyl sites for hydroxylation is 1. The molecular formula is C39H50F4N8OS. The molecule has 14 heteroatoms. The number of thioether (sulfide) groups is 1. The van der Waals surface area contributed by atoms with E-state index in [1.54, 1.807) is 30.1 Å². The number of nitrogens with two attached hydrogens (primary N) is 2. The molecule has 4 aromatic rings. The molecule has 53 heavy (non-hydrogen) atoms. The lowest BCUT2D eigenvalue weighted by Gasteiger charge is -2.43. The number of nitrogens with one attached hydrogen (secondary N) is 3. The molecular weight excluding hydrogens is 705 g/mol. The van der Waals surface area contributed by atoms with E-state index in [9.17, 15) is 22.4 Å². The van der Waals surface area contributed by atoms with Gasteiger partial charge in [0.15, 0.2) is 0 Å². The number of piperidine rings is 1. The zero-order chi connectivity index (χ0) is 37.7. The van der Waals surface area contributed by atoms with Crippen LogP contribution in [0.5, 0.6) is 0 Å². The normalized spacial score (nSPS) is 18.8. The summed E-state index contributed by atoms with van der Waals surface area (Å²) in [6.07, 6.45) is 7.56. The number of H-pyrrole nitrogens is 1. The molecule has 0 bridgehead atoms. The van der Waals surface area contributed by atoms with E-state index in [1.807, 2.05) is 24.5 Å². The van der Waals surface area contributed by atoms with Crippen molar-refractivity contribution < 1.29 is 17.6 Å². The molecule has 7 N–H and O–H groups in total. The Morgan fingerprint density at radius 1 is 1.13 bits per heavy atom. The van der Waals surface area contributed by atoms with Crippen LogP contribution in [0, 0.1) is 11.3 Å². The van der Waals surface area contributed by atoms with Gasteiger partial charge in [-0.1, -0.05) is 6.07 Å². The molecule has 6 rings (SSSR count). The number of benzene rings is 2. The average Bonchev–Trinajstić information content (AvgIpc) is 3.92. The number of rotatable bonds is 16. The first kappa shape index (κ1) is 39.0. The van der Waals surface area contributed by atoms with Gasteiger partial charge in [-0.25, -0.2) is 4.79 Å². The molecule has 9 nitrogen and oxygen atoms in total. The van der Waals surface area contributed by atoms with Crippen LogP contribution in [0.2, 0.25) is 0 Å². The number of nitrogens with zero attached hydrogens (tertiary/aromatic N) is 3. The van der Waals surface area contributed by atoms with Gasteiger partial charge in [-0.2, -0.15) is 18.2 Å². The van der Waals surface area contributed by atoms with Crippen LogP contribution in [-0.2, 0) is 12.6 Å². The van der Waals surface area contributed by atoms with E-state index in [0.29, 0.717) is 77.6 Å². The first-order valence-corrected chi connectivity index (χ1v) is 19.8. The fourth-order valence-corrected chi connectivity index (χ4v) is 8.42. The highest BCUT2D eigenvalue weighted by atomic mass is 32.2. The molecule has 2 aromatic heterocycles. The summed E-state index contributed by atoms with van der Waals surface area (Å²) in [4.78, 5) is 24.2. The Kier molecular flexibility index (Phi) is 12.6. The fourth-order valence-electron chi connectivity index (χ4n) is 7.74. The summed E-state index contributed by atoms with van der Waals surface area (Å²) in [5.41, 5.74) is 14.0. The Bertz CT molecular complexity index is 1940. The molecule has 2 fully saturated rings. The summed E-state index contributed by atoms with van der Waals surface area (Å²) in [7, 11) is 0. The number of amidine groups is 1. The Morgan fingerprint density at radius 2 is 1.94 bits per heavy atom. The minimum atomic E-state index is -4.51. The van der Waals surface area contributed by atoms with Gasteiger partial charge in [-0.3, -0.25) is 19.3 Å². The number of fused-ring (bicyclic) bond motifs is 1. The summed E-state index contributed by atoms with van der Waals surface area (Å²) in [5.74, 6) is 0.836. The topological polar surface area (TPSA) is 142 Å². The van der Waals surface area contributed by atoms with Gasteiger partial charge in [0.1, 0.15) is 11.5 Å². The van der Waals surface area contributed by atoms with E-state index in [-0.39, 0.29) is 24.7 Å². The fraction of sp³-hybridized carbons (Fsp3) is 0.513. The Balaban J connectivity index is 1.26. The van der Waals surface area contributed by atoms with Crippen LogP contribution in [0.1, 0.15) is 80.5 Å². The van der Waals surface area contributed by atoms with Gasteiger partial charge in [-0.05, 0) is 129 Å². The van der Waals surface area contributed by atoms with Crippen LogP contribution in [-0.4, -0.2) is 69.9 Å². The minimum absolute atomic E-state index is 0.0719. The van der Waals surface area contributed by atoms with Gasteiger partial charge in [0.2, 0.25) is 0 Å².